The van der Waals surface area contributed by atoms with Gasteiger partial charge in [-0.05, 0) is 43.4 Å². The summed E-state index contributed by atoms with van der Waals surface area (Å²) < 4.78 is 13.1. The van der Waals surface area contributed by atoms with Crippen molar-refractivity contribution in [1.82, 2.24) is 5.32 Å². The number of carbonyl (C=O) groups excluding carboxylic acids is 1. The second kappa shape index (κ2) is 6.84. The highest BCUT2D eigenvalue weighted by Gasteiger charge is 2.27. The highest BCUT2D eigenvalue weighted by molar-refractivity contribution is 5.77. The molecule has 4 heteroatoms. The summed E-state index contributed by atoms with van der Waals surface area (Å²) in [6, 6.07) is 6.27. The molecule has 1 aromatic rings. The number of rotatable bonds is 5. The zero-order valence-electron chi connectivity index (χ0n) is 11.9. The Morgan fingerprint density at radius 3 is 2.50 bits per heavy atom. The van der Waals surface area contributed by atoms with E-state index in [4.69, 9.17) is 5.73 Å². The van der Waals surface area contributed by atoms with Gasteiger partial charge in [0, 0.05) is 12.5 Å². The van der Waals surface area contributed by atoms with E-state index in [1.54, 1.807) is 12.1 Å². The van der Waals surface area contributed by atoms with E-state index in [0.717, 1.165) is 18.4 Å². The lowest BCUT2D eigenvalue weighted by atomic mass is 9.91. The van der Waals surface area contributed by atoms with Gasteiger partial charge in [-0.25, -0.2) is 4.39 Å². The maximum Gasteiger partial charge on any atom is 0.222 e. The molecule has 110 valence electrons. The van der Waals surface area contributed by atoms with Gasteiger partial charge in [0.05, 0.1) is 6.04 Å². The zero-order chi connectivity index (χ0) is 14.5. The molecule has 0 aromatic heterocycles. The molecule has 0 aliphatic heterocycles. The normalized spacial score (nSPS) is 18.8. The molecule has 0 heterocycles. The van der Waals surface area contributed by atoms with Crippen LogP contribution in [0.2, 0.25) is 0 Å². The first kappa shape index (κ1) is 15.0. The molecule has 0 radical (unpaired) electrons. The van der Waals surface area contributed by atoms with Gasteiger partial charge in [0.1, 0.15) is 5.82 Å². The standard InChI is InChI=1S/C16H23FN2O/c1-11(18)10-15(20)19-16(12-4-2-3-5-12)13-6-8-14(17)9-7-13/h6-9,11-12,16H,2-5,10,18H2,1H3,(H,19,20). The van der Waals surface area contributed by atoms with E-state index in [2.05, 4.69) is 5.32 Å². The van der Waals surface area contributed by atoms with Gasteiger partial charge < -0.3 is 11.1 Å². The molecule has 1 fully saturated rings. The fourth-order valence-electron chi connectivity index (χ4n) is 2.96. The summed E-state index contributed by atoms with van der Waals surface area (Å²) in [6.07, 6.45) is 4.95. The second-order valence-electron chi connectivity index (χ2n) is 5.82. The van der Waals surface area contributed by atoms with Crippen LogP contribution < -0.4 is 11.1 Å². The smallest absolute Gasteiger partial charge is 0.222 e. The van der Waals surface area contributed by atoms with Crippen molar-refractivity contribution in [3.63, 3.8) is 0 Å². The van der Waals surface area contributed by atoms with Crippen molar-refractivity contribution in [3.8, 4) is 0 Å². The molecule has 20 heavy (non-hydrogen) atoms. The molecule has 1 aromatic carbocycles. The van der Waals surface area contributed by atoms with Crippen molar-refractivity contribution in [2.75, 3.05) is 0 Å². The van der Waals surface area contributed by atoms with Crippen LogP contribution >= 0.6 is 0 Å². The summed E-state index contributed by atoms with van der Waals surface area (Å²) in [6.45, 7) is 1.82. The molecular weight excluding hydrogens is 255 g/mol. The third-order valence-corrected chi connectivity index (χ3v) is 3.92. The summed E-state index contributed by atoms with van der Waals surface area (Å²) >= 11 is 0. The van der Waals surface area contributed by atoms with Gasteiger partial charge in [0.15, 0.2) is 0 Å². The monoisotopic (exact) mass is 278 g/mol. The Balaban J connectivity index is 2.11. The maximum atomic E-state index is 13.1. The summed E-state index contributed by atoms with van der Waals surface area (Å²) in [5.41, 5.74) is 6.65. The number of nitrogens with two attached hydrogens (primary N) is 1. The molecule has 0 saturated heterocycles. The van der Waals surface area contributed by atoms with Crippen LogP contribution in [0, 0.1) is 11.7 Å². The van der Waals surface area contributed by atoms with E-state index in [-0.39, 0.29) is 23.8 Å². The van der Waals surface area contributed by atoms with Crippen LogP contribution in [0.3, 0.4) is 0 Å². The number of carbonyl (C=O) groups is 1. The number of amides is 1. The molecule has 2 unspecified atom stereocenters. The van der Waals surface area contributed by atoms with Crippen molar-refractivity contribution in [3.05, 3.63) is 35.6 Å². The highest BCUT2D eigenvalue weighted by atomic mass is 19.1. The Hall–Kier alpha value is -1.42. The molecule has 3 N–H and O–H groups in total. The topological polar surface area (TPSA) is 55.1 Å². The van der Waals surface area contributed by atoms with Gasteiger partial charge in [-0.2, -0.15) is 0 Å². The molecule has 1 aliphatic rings. The average molecular weight is 278 g/mol. The van der Waals surface area contributed by atoms with Crippen LogP contribution in [0.5, 0.6) is 0 Å². The second-order valence-corrected chi connectivity index (χ2v) is 5.82. The zero-order valence-corrected chi connectivity index (χ0v) is 11.9. The summed E-state index contributed by atoms with van der Waals surface area (Å²) in [7, 11) is 0. The highest BCUT2D eigenvalue weighted by Crippen LogP contribution is 2.35. The van der Waals surface area contributed by atoms with E-state index in [0.29, 0.717) is 12.3 Å². The first-order valence-electron chi connectivity index (χ1n) is 7.36. The van der Waals surface area contributed by atoms with Gasteiger partial charge in [0.25, 0.3) is 0 Å². The Morgan fingerprint density at radius 1 is 1.35 bits per heavy atom. The van der Waals surface area contributed by atoms with Crippen LogP contribution in [0.4, 0.5) is 4.39 Å². The maximum absolute atomic E-state index is 13.1. The quantitative estimate of drug-likeness (QED) is 0.870. The largest absolute Gasteiger partial charge is 0.349 e. The first-order valence-corrected chi connectivity index (χ1v) is 7.36. The molecule has 1 aliphatic carbocycles. The summed E-state index contributed by atoms with van der Waals surface area (Å²) in [4.78, 5) is 12.0. The number of hydrogen-bond acceptors (Lipinski definition) is 2. The van der Waals surface area contributed by atoms with E-state index in [9.17, 15) is 9.18 Å². The molecule has 3 nitrogen and oxygen atoms in total. The Bertz CT molecular complexity index is 438. The van der Waals surface area contributed by atoms with Crippen molar-refractivity contribution in [1.29, 1.82) is 0 Å². The average Bonchev–Trinajstić information content (AvgIpc) is 2.90. The number of hydrogen-bond donors (Lipinski definition) is 2. The molecule has 1 amide bonds. The molecule has 2 atom stereocenters. The number of benzene rings is 1. The van der Waals surface area contributed by atoms with Gasteiger partial charge in [-0.15, -0.1) is 0 Å². The molecule has 2 rings (SSSR count). The van der Waals surface area contributed by atoms with Gasteiger partial charge in [-0.1, -0.05) is 25.0 Å². The predicted octanol–water partition coefficient (Wildman–Crippen LogP) is 2.91. The summed E-state index contributed by atoms with van der Waals surface area (Å²) in [5.74, 6) is 0.166. The van der Waals surface area contributed by atoms with Crippen molar-refractivity contribution in [2.24, 2.45) is 11.7 Å². The minimum absolute atomic E-state index is 0.0238. The Labute approximate surface area is 119 Å². The minimum atomic E-state index is -0.249. The van der Waals surface area contributed by atoms with Crippen LogP contribution in [0.1, 0.15) is 50.6 Å². The SMILES string of the molecule is CC(N)CC(=O)NC(c1ccc(F)cc1)C1CCCC1. The van der Waals surface area contributed by atoms with Crippen molar-refractivity contribution >= 4 is 5.91 Å². The third kappa shape index (κ3) is 4.04. The predicted molar refractivity (Wildman–Crippen MR) is 77.5 cm³/mol. The van der Waals surface area contributed by atoms with Gasteiger partial charge in [-0.3, -0.25) is 4.79 Å². The minimum Gasteiger partial charge on any atom is -0.349 e. The van der Waals surface area contributed by atoms with Crippen LogP contribution in [0.15, 0.2) is 24.3 Å². The fourth-order valence-corrected chi connectivity index (χ4v) is 2.96. The fraction of sp³-hybridized carbons (Fsp3) is 0.562. The Kier molecular flexibility index (Phi) is 5.12. The van der Waals surface area contributed by atoms with E-state index < -0.39 is 0 Å². The Morgan fingerprint density at radius 2 is 1.95 bits per heavy atom. The van der Waals surface area contributed by atoms with Crippen LogP contribution in [0.25, 0.3) is 0 Å². The molecule has 0 spiro atoms. The van der Waals surface area contributed by atoms with Crippen molar-refractivity contribution in [2.45, 2.75) is 51.1 Å². The lowest BCUT2D eigenvalue weighted by Crippen LogP contribution is -2.35. The van der Waals surface area contributed by atoms with E-state index >= 15 is 0 Å². The lowest BCUT2D eigenvalue weighted by Gasteiger charge is -2.25. The number of nitrogens with one attached hydrogen (secondary N) is 1. The lowest BCUT2D eigenvalue weighted by molar-refractivity contribution is -0.122. The van der Waals surface area contributed by atoms with Crippen LogP contribution in [-0.2, 0) is 4.79 Å². The molecule has 1 saturated carbocycles. The van der Waals surface area contributed by atoms with Crippen molar-refractivity contribution < 1.29 is 9.18 Å². The first-order chi connectivity index (χ1) is 9.56. The van der Waals surface area contributed by atoms with Gasteiger partial charge >= 0.3 is 0 Å². The van der Waals surface area contributed by atoms with Crippen LogP contribution in [-0.4, -0.2) is 11.9 Å². The van der Waals surface area contributed by atoms with E-state index in [1.165, 1.54) is 25.0 Å². The molecular formula is C16H23FN2O. The third-order valence-electron chi connectivity index (χ3n) is 3.92. The van der Waals surface area contributed by atoms with Gasteiger partial charge in [0.2, 0.25) is 5.91 Å². The van der Waals surface area contributed by atoms with E-state index in [1.807, 2.05) is 6.92 Å². The number of halogens is 1. The molecule has 0 bridgehead atoms. The summed E-state index contributed by atoms with van der Waals surface area (Å²) in [5, 5.41) is 3.08.